The number of methoxy groups -OCH3 is 1. The molecule has 1 saturated heterocycles. The summed E-state index contributed by atoms with van der Waals surface area (Å²) in [6.07, 6.45) is 3.28. The molecule has 0 spiro atoms. The number of hydrogen-bond donors (Lipinski definition) is 0. The minimum Gasteiger partial charge on any atom is -0.497 e. The first-order valence-electron chi connectivity index (χ1n) is 7.85. The molecule has 2 rings (SSSR count). The molecule has 0 N–H and O–H groups in total. The molecule has 0 amide bonds. The number of unbranched alkanes of at least 4 members (excludes halogenated alkanes) is 1. The molecule has 0 unspecified atom stereocenters. The lowest BCUT2D eigenvalue weighted by Gasteiger charge is -2.33. The summed E-state index contributed by atoms with van der Waals surface area (Å²) >= 11 is 1.81. The number of nitrogens with zero attached hydrogens (tertiary/aromatic N) is 1. The van der Waals surface area contributed by atoms with E-state index in [2.05, 4.69) is 37.3 Å². The Labute approximate surface area is 138 Å². The molecule has 1 aromatic carbocycles. The van der Waals surface area contributed by atoms with Crippen LogP contribution in [-0.2, 0) is 9.47 Å². The van der Waals surface area contributed by atoms with Gasteiger partial charge < -0.3 is 14.2 Å². The first-order chi connectivity index (χ1) is 10.5. The van der Waals surface area contributed by atoms with Crippen LogP contribution in [0.2, 0.25) is 0 Å². The second-order valence-electron chi connectivity index (χ2n) is 5.80. The Kier molecular flexibility index (Phi) is 6.56. The van der Waals surface area contributed by atoms with Crippen molar-refractivity contribution in [3.8, 4) is 5.75 Å². The van der Waals surface area contributed by atoms with Crippen LogP contribution in [0.15, 0.2) is 17.0 Å². The van der Waals surface area contributed by atoms with Crippen LogP contribution in [0.5, 0.6) is 5.75 Å². The van der Waals surface area contributed by atoms with E-state index in [1.165, 1.54) is 16.0 Å². The average Bonchev–Trinajstić information content (AvgIpc) is 2.44. The third-order valence-electron chi connectivity index (χ3n) is 3.77. The summed E-state index contributed by atoms with van der Waals surface area (Å²) in [4.78, 5) is 1.32. The van der Waals surface area contributed by atoms with E-state index < -0.39 is 0 Å². The number of benzene rings is 1. The molecule has 1 aliphatic heterocycles. The van der Waals surface area contributed by atoms with Crippen molar-refractivity contribution in [1.82, 2.24) is 4.31 Å². The van der Waals surface area contributed by atoms with Gasteiger partial charge in [-0.3, -0.25) is 0 Å². The van der Waals surface area contributed by atoms with Crippen molar-refractivity contribution in [2.75, 3.05) is 20.7 Å². The molecule has 0 saturated carbocycles. The van der Waals surface area contributed by atoms with Crippen molar-refractivity contribution >= 4 is 11.9 Å². The molecule has 0 aliphatic carbocycles. The predicted octanol–water partition coefficient (Wildman–Crippen LogP) is 4.14. The van der Waals surface area contributed by atoms with Gasteiger partial charge >= 0.3 is 0 Å². The van der Waals surface area contributed by atoms with Crippen LogP contribution in [0.4, 0.5) is 0 Å². The van der Waals surface area contributed by atoms with Gasteiger partial charge in [-0.05, 0) is 82.3 Å². The lowest BCUT2D eigenvalue weighted by molar-refractivity contribution is -0.377. The van der Waals surface area contributed by atoms with Gasteiger partial charge in [-0.15, -0.1) is 0 Å². The monoisotopic (exact) mass is 325 g/mol. The Balaban J connectivity index is 1.73. The normalized spacial score (nSPS) is 21.0. The number of rotatable bonds is 8. The zero-order valence-electron chi connectivity index (χ0n) is 14.2. The molecule has 0 bridgehead atoms. The highest BCUT2D eigenvalue weighted by Crippen LogP contribution is 2.32. The van der Waals surface area contributed by atoms with E-state index in [0.717, 1.165) is 31.6 Å². The van der Waals surface area contributed by atoms with Crippen LogP contribution >= 0.6 is 11.9 Å². The van der Waals surface area contributed by atoms with E-state index in [1.807, 2.05) is 18.9 Å². The number of ether oxygens (including phenoxy) is 3. The zero-order chi connectivity index (χ0) is 16.1. The average molecular weight is 325 g/mol. The second-order valence-corrected chi connectivity index (χ2v) is 7.01. The Bertz CT molecular complexity index is 466. The van der Waals surface area contributed by atoms with Crippen molar-refractivity contribution in [2.24, 2.45) is 0 Å². The quantitative estimate of drug-likeness (QED) is 0.529. The Hall–Kier alpha value is -0.750. The minimum atomic E-state index is -0.00995. The highest BCUT2D eigenvalue weighted by Gasteiger charge is 2.25. The van der Waals surface area contributed by atoms with E-state index in [4.69, 9.17) is 14.2 Å². The van der Waals surface area contributed by atoms with Crippen LogP contribution in [0.1, 0.15) is 37.3 Å². The number of aryl methyl sites for hydroxylation is 2. The van der Waals surface area contributed by atoms with Crippen LogP contribution in [0, 0.1) is 13.8 Å². The third-order valence-corrected chi connectivity index (χ3v) is 5.09. The van der Waals surface area contributed by atoms with E-state index in [1.54, 1.807) is 7.11 Å². The number of hydrogen-bond acceptors (Lipinski definition) is 5. The van der Waals surface area contributed by atoms with Gasteiger partial charge in [0.15, 0.2) is 12.6 Å². The second kappa shape index (κ2) is 8.20. The van der Waals surface area contributed by atoms with E-state index in [9.17, 15) is 0 Å². The maximum Gasteiger partial charge on any atom is 0.163 e. The summed E-state index contributed by atoms with van der Waals surface area (Å²) in [6.45, 7) is 7.26. The van der Waals surface area contributed by atoms with Gasteiger partial charge in [0.2, 0.25) is 0 Å². The lowest BCUT2D eigenvalue weighted by atomic mass is 10.1. The van der Waals surface area contributed by atoms with Crippen molar-refractivity contribution in [1.29, 1.82) is 0 Å². The summed E-state index contributed by atoms with van der Waals surface area (Å²) in [6, 6.07) is 4.19. The fourth-order valence-corrected chi connectivity index (χ4v) is 3.53. The zero-order valence-corrected chi connectivity index (χ0v) is 15.0. The van der Waals surface area contributed by atoms with Crippen molar-refractivity contribution in [3.63, 3.8) is 0 Å². The molecular formula is C17H27NO3S. The maximum absolute atomic E-state index is 5.44. The van der Waals surface area contributed by atoms with Crippen LogP contribution in [0.25, 0.3) is 0 Å². The summed E-state index contributed by atoms with van der Waals surface area (Å²) < 4.78 is 18.5. The molecule has 5 heteroatoms. The molecule has 0 radical (unpaired) electrons. The molecule has 124 valence electrons. The largest absolute Gasteiger partial charge is 0.497 e. The highest BCUT2D eigenvalue weighted by atomic mass is 32.2. The van der Waals surface area contributed by atoms with Crippen molar-refractivity contribution in [2.45, 2.75) is 57.5 Å². The fourth-order valence-electron chi connectivity index (χ4n) is 2.59. The Morgan fingerprint density at radius 3 is 2.36 bits per heavy atom. The van der Waals surface area contributed by atoms with Crippen molar-refractivity contribution < 1.29 is 14.2 Å². The standard InChI is InChI=1S/C17H27NO3S/c1-12-10-15(19-5)11-13(2)17(12)22-18(4)9-7-6-8-16-20-14(3)21-16/h10-11,14,16H,6-9H2,1-5H3. The topological polar surface area (TPSA) is 30.9 Å². The van der Waals surface area contributed by atoms with E-state index in [0.29, 0.717) is 0 Å². The van der Waals surface area contributed by atoms with Gasteiger partial charge in [-0.1, -0.05) is 0 Å². The summed E-state index contributed by atoms with van der Waals surface area (Å²) in [5.74, 6) is 0.928. The molecule has 1 heterocycles. The van der Waals surface area contributed by atoms with Gasteiger partial charge in [-0.25, -0.2) is 4.31 Å². The summed E-state index contributed by atoms with van der Waals surface area (Å²) in [5.41, 5.74) is 2.53. The van der Waals surface area contributed by atoms with Crippen LogP contribution < -0.4 is 4.74 Å². The molecule has 1 aromatic rings. The lowest BCUT2D eigenvalue weighted by Crippen LogP contribution is -2.38. The Morgan fingerprint density at radius 1 is 1.18 bits per heavy atom. The minimum absolute atomic E-state index is 0.00995. The molecule has 4 nitrogen and oxygen atoms in total. The molecular weight excluding hydrogens is 298 g/mol. The van der Waals surface area contributed by atoms with Crippen LogP contribution in [0.3, 0.4) is 0 Å². The van der Waals surface area contributed by atoms with Gasteiger partial charge in [-0.2, -0.15) is 0 Å². The van der Waals surface area contributed by atoms with Crippen LogP contribution in [-0.4, -0.2) is 37.6 Å². The first-order valence-corrected chi connectivity index (χ1v) is 8.62. The predicted molar refractivity (Wildman–Crippen MR) is 90.2 cm³/mol. The fraction of sp³-hybridized carbons (Fsp3) is 0.647. The van der Waals surface area contributed by atoms with Gasteiger partial charge in [0, 0.05) is 11.4 Å². The highest BCUT2D eigenvalue weighted by molar-refractivity contribution is 7.97. The molecule has 0 aromatic heterocycles. The molecule has 22 heavy (non-hydrogen) atoms. The van der Waals surface area contributed by atoms with Crippen molar-refractivity contribution in [3.05, 3.63) is 23.3 Å². The first kappa shape index (κ1) is 17.6. The Morgan fingerprint density at radius 2 is 1.82 bits per heavy atom. The maximum atomic E-state index is 5.44. The summed E-state index contributed by atoms with van der Waals surface area (Å²) in [7, 11) is 3.86. The molecule has 0 atom stereocenters. The summed E-state index contributed by atoms with van der Waals surface area (Å²) in [5, 5.41) is 0. The van der Waals surface area contributed by atoms with E-state index >= 15 is 0 Å². The SMILES string of the molecule is COc1cc(C)c(SN(C)CCCCC2OC(C)O2)c(C)c1. The van der Waals surface area contributed by atoms with Gasteiger partial charge in [0.1, 0.15) is 5.75 Å². The molecule has 1 fully saturated rings. The van der Waals surface area contributed by atoms with Gasteiger partial charge in [0.05, 0.1) is 7.11 Å². The smallest absolute Gasteiger partial charge is 0.163 e. The van der Waals surface area contributed by atoms with Gasteiger partial charge in [0.25, 0.3) is 0 Å². The third kappa shape index (κ3) is 4.88. The molecule has 1 aliphatic rings. The van der Waals surface area contributed by atoms with E-state index in [-0.39, 0.29) is 12.6 Å².